The number of amides is 1. The van der Waals surface area contributed by atoms with Crippen molar-refractivity contribution in [3.8, 4) is 0 Å². The van der Waals surface area contributed by atoms with Gasteiger partial charge in [0.25, 0.3) is 5.69 Å². The first kappa shape index (κ1) is 11.5. The third-order valence-electron chi connectivity index (χ3n) is 2.97. The van der Waals surface area contributed by atoms with Gasteiger partial charge in [0.05, 0.1) is 10.5 Å². The molecule has 2 N–H and O–H groups in total. The summed E-state index contributed by atoms with van der Waals surface area (Å²) in [6, 6.07) is 5.83. The van der Waals surface area contributed by atoms with Gasteiger partial charge in [-0.05, 0) is 25.0 Å². The molecule has 90 valence electrons. The van der Waals surface area contributed by atoms with Crippen LogP contribution in [-0.4, -0.2) is 23.4 Å². The molecule has 1 saturated carbocycles. The molecule has 0 aromatic heterocycles. The van der Waals surface area contributed by atoms with E-state index in [1.807, 2.05) is 0 Å². The van der Waals surface area contributed by atoms with Crippen molar-refractivity contribution < 1.29 is 9.72 Å². The van der Waals surface area contributed by atoms with E-state index in [4.69, 9.17) is 5.73 Å². The zero-order chi connectivity index (χ0) is 12.6. The highest BCUT2D eigenvalue weighted by Crippen LogP contribution is 2.35. The standard InChI is InChI=1S/C11H13N3O3/c1-13(10(15)11(12)6-7-11)8-2-4-9(5-3-8)14(16)17/h2-5H,6-7,12H2,1H3. The molecule has 6 nitrogen and oxygen atoms in total. The second-order valence-electron chi connectivity index (χ2n) is 4.29. The molecule has 0 saturated heterocycles. The minimum Gasteiger partial charge on any atom is -0.317 e. The molecule has 1 aromatic carbocycles. The van der Waals surface area contributed by atoms with Crippen LogP contribution in [0.4, 0.5) is 11.4 Å². The lowest BCUT2D eigenvalue weighted by molar-refractivity contribution is -0.384. The highest BCUT2D eigenvalue weighted by atomic mass is 16.6. The Bertz CT molecular complexity index is 465. The Labute approximate surface area is 98.2 Å². The Balaban J connectivity index is 2.17. The number of carbonyl (C=O) groups excluding carboxylic acids is 1. The van der Waals surface area contributed by atoms with Crippen molar-refractivity contribution in [1.29, 1.82) is 0 Å². The van der Waals surface area contributed by atoms with Crippen LogP contribution >= 0.6 is 0 Å². The number of hydrogen-bond donors (Lipinski definition) is 1. The lowest BCUT2D eigenvalue weighted by Crippen LogP contribution is -2.43. The SMILES string of the molecule is CN(C(=O)C1(N)CC1)c1ccc([N+](=O)[O-])cc1. The molecule has 2 rings (SSSR count). The summed E-state index contributed by atoms with van der Waals surface area (Å²) < 4.78 is 0. The van der Waals surface area contributed by atoms with E-state index in [2.05, 4.69) is 0 Å². The lowest BCUT2D eigenvalue weighted by atomic mass is 10.2. The topological polar surface area (TPSA) is 89.5 Å². The first-order valence-corrected chi connectivity index (χ1v) is 5.25. The van der Waals surface area contributed by atoms with Gasteiger partial charge in [0.1, 0.15) is 0 Å². The van der Waals surface area contributed by atoms with Crippen LogP contribution in [0.1, 0.15) is 12.8 Å². The third-order valence-corrected chi connectivity index (χ3v) is 2.97. The van der Waals surface area contributed by atoms with Gasteiger partial charge in [0, 0.05) is 24.9 Å². The molecule has 6 heteroatoms. The molecule has 0 unspecified atom stereocenters. The van der Waals surface area contributed by atoms with Gasteiger partial charge in [0.2, 0.25) is 5.91 Å². The van der Waals surface area contributed by atoms with Crippen molar-refractivity contribution >= 4 is 17.3 Å². The minimum atomic E-state index is -0.726. The fraction of sp³-hybridized carbons (Fsp3) is 0.364. The molecule has 0 atom stereocenters. The average molecular weight is 235 g/mol. The van der Waals surface area contributed by atoms with Crippen LogP contribution in [0.25, 0.3) is 0 Å². The van der Waals surface area contributed by atoms with Crippen LogP contribution in [0.2, 0.25) is 0 Å². The van der Waals surface area contributed by atoms with Crippen molar-refractivity contribution in [3.63, 3.8) is 0 Å². The number of benzene rings is 1. The Morgan fingerprint density at radius 2 is 1.94 bits per heavy atom. The summed E-state index contributed by atoms with van der Waals surface area (Å²) in [6.07, 6.45) is 1.40. The number of nitro groups is 1. The van der Waals surface area contributed by atoms with Gasteiger partial charge in [-0.25, -0.2) is 0 Å². The van der Waals surface area contributed by atoms with Gasteiger partial charge in [-0.2, -0.15) is 0 Å². The molecule has 0 bridgehead atoms. The largest absolute Gasteiger partial charge is 0.317 e. The predicted molar refractivity (Wildman–Crippen MR) is 62.7 cm³/mol. The van der Waals surface area contributed by atoms with Crippen molar-refractivity contribution in [2.24, 2.45) is 5.73 Å². The van der Waals surface area contributed by atoms with E-state index in [0.717, 1.165) is 0 Å². The molecule has 0 aliphatic heterocycles. The smallest absolute Gasteiger partial charge is 0.269 e. The number of non-ortho nitro benzene ring substituents is 1. The monoisotopic (exact) mass is 235 g/mol. The van der Waals surface area contributed by atoms with E-state index in [1.165, 1.54) is 17.0 Å². The van der Waals surface area contributed by atoms with Gasteiger partial charge >= 0.3 is 0 Å². The summed E-state index contributed by atoms with van der Waals surface area (Å²) in [5.74, 6) is -0.147. The van der Waals surface area contributed by atoms with Crippen LogP contribution < -0.4 is 10.6 Å². The summed E-state index contributed by atoms with van der Waals surface area (Å²) in [5, 5.41) is 10.5. The molecule has 0 spiro atoms. The number of carbonyl (C=O) groups is 1. The molecular formula is C11H13N3O3. The van der Waals surface area contributed by atoms with Gasteiger partial charge in [-0.3, -0.25) is 14.9 Å². The van der Waals surface area contributed by atoms with Crippen molar-refractivity contribution in [2.45, 2.75) is 18.4 Å². The maximum atomic E-state index is 11.9. The van der Waals surface area contributed by atoms with E-state index >= 15 is 0 Å². The lowest BCUT2D eigenvalue weighted by Gasteiger charge is -2.20. The van der Waals surface area contributed by atoms with Crippen molar-refractivity contribution in [1.82, 2.24) is 0 Å². The molecule has 0 radical (unpaired) electrons. The van der Waals surface area contributed by atoms with Crippen molar-refractivity contribution in [2.75, 3.05) is 11.9 Å². The minimum absolute atomic E-state index is 0.00322. The molecule has 1 amide bonds. The van der Waals surface area contributed by atoms with Gasteiger partial charge in [0.15, 0.2) is 0 Å². The molecular weight excluding hydrogens is 222 g/mol. The van der Waals surface area contributed by atoms with Crippen LogP contribution in [0.5, 0.6) is 0 Å². The molecule has 0 heterocycles. The first-order valence-electron chi connectivity index (χ1n) is 5.25. The number of anilines is 1. The van der Waals surface area contributed by atoms with Gasteiger partial charge < -0.3 is 10.6 Å². The highest BCUT2D eigenvalue weighted by Gasteiger charge is 2.47. The molecule has 1 fully saturated rings. The van der Waals surface area contributed by atoms with Crippen LogP contribution in [0, 0.1) is 10.1 Å². The zero-order valence-corrected chi connectivity index (χ0v) is 9.42. The maximum absolute atomic E-state index is 11.9. The summed E-state index contributed by atoms with van der Waals surface area (Å²) >= 11 is 0. The Hall–Kier alpha value is -1.95. The Kier molecular flexibility index (Phi) is 2.59. The van der Waals surface area contributed by atoms with E-state index in [-0.39, 0.29) is 11.6 Å². The zero-order valence-electron chi connectivity index (χ0n) is 9.42. The number of nitrogens with two attached hydrogens (primary N) is 1. The highest BCUT2D eigenvalue weighted by molar-refractivity contribution is 6.01. The molecule has 1 aliphatic rings. The second kappa shape index (κ2) is 3.81. The molecule has 1 aliphatic carbocycles. The van der Waals surface area contributed by atoms with Gasteiger partial charge in [-0.15, -0.1) is 0 Å². The number of nitro benzene ring substituents is 1. The Morgan fingerprint density at radius 3 is 2.35 bits per heavy atom. The predicted octanol–water partition coefficient (Wildman–Crippen LogP) is 1.05. The molecule has 1 aromatic rings. The second-order valence-corrected chi connectivity index (χ2v) is 4.29. The van der Waals surface area contributed by atoms with Crippen molar-refractivity contribution in [3.05, 3.63) is 34.4 Å². The number of likely N-dealkylation sites (N-methyl/N-ethyl adjacent to an activating group) is 1. The van der Waals surface area contributed by atoms with Gasteiger partial charge in [-0.1, -0.05) is 0 Å². The summed E-state index contributed by atoms with van der Waals surface area (Å²) in [6.45, 7) is 0. The average Bonchev–Trinajstić information content (AvgIpc) is 3.07. The summed E-state index contributed by atoms with van der Waals surface area (Å²) in [7, 11) is 1.62. The van der Waals surface area contributed by atoms with Crippen LogP contribution in [0.3, 0.4) is 0 Å². The third kappa shape index (κ3) is 2.12. The number of hydrogen-bond acceptors (Lipinski definition) is 4. The number of rotatable bonds is 3. The van der Waals surface area contributed by atoms with E-state index < -0.39 is 10.5 Å². The normalized spacial score (nSPS) is 16.4. The van der Waals surface area contributed by atoms with Crippen LogP contribution in [-0.2, 0) is 4.79 Å². The number of nitrogens with zero attached hydrogens (tertiary/aromatic N) is 2. The molecule has 17 heavy (non-hydrogen) atoms. The van der Waals surface area contributed by atoms with Crippen LogP contribution in [0.15, 0.2) is 24.3 Å². The first-order chi connectivity index (χ1) is 7.94. The summed E-state index contributed by atoms with van der Waals surface area (Å²) in [4.78, 5) is 23.4. The van der Waals surface area contributed by atoms with E-state index in [0.29, 0.717) is 18.5 Å². The Morgan fingerprint density at radius 1 is 1.41 bits per heavy atom. The quantitative estimate of drug-likeness (QED) is 0.626. The fourth-order valence-corrected chi connectivity index (χ4v) is 1.60. The summed E-state index contributed by atoms with van der Waals surface area (Å²) in [5.41, 5.74) is 5.69. The van der Waals surface area contributed by atoms with E-state index in [1.54, 1.807) is 19.2 Å². The fourth-order valence-electron chi connectivity index (χ4n) is 1.60. The van der Waals surface area contributed by atoms with E-state index in [9.17, 15) is 14.9 Å². The maximum Gasteiger partial charge on any atom is 0.269 e.